The van der Waals surface area contributed by atoms with Gasteiger partial charge in [-0.05, 0) is 29.3 Å². The van der Waals surface area contributed by atoms with Crippen LogP contribution in [0.4, 0.5) is 0 Å². The number of ether oxygens (including phenoxy) is 1. The Hall–Kier alpha value is -1.65. The van der Waals surface area contributed by atoms with E-state index in [0.717, 1.165) is 21.8 Å². The summed E-state index contributed by atoms with van der Waals surface area (Å²) in [5.74, 6) is 1.19. The Morgan fingerprint density at radius 1 is 1.11 bits per heavy atom. The maximum absolute atomic E-state index is 12.4. The fraction of sp³-hybridized carbons (Fsp3) is 0.200. The highest BCUT2D eigenvalue weighted by atomic mass is 32.2. The molecule has 0 fully saturated rings. The molecule has 0 radical (unpaired) electrons. The Morgan fingerprint density at radius 3 is 2.53 bits per heavy atom. The Balaban J connectivity index is 2.20. The van der Waals surface area contributed by atoms with E-state index in [9.17, 15) is 4.21 Å². The van der Waals surface area contributed by atoms with Gasteiger partial charge in [-0.2, -0.15) is 0 Å². The molecule has 1 unspecified atom stereocenters. The Kier molecular flexibility index (Phi) is 4.71. The highest BCUT2D eigenvalue weighted by Gasteiger charge is 2.08. The maximum Gasteiger partial charge on any atom is 0.120 e. The van der Waals surface area contributed by atoms with Gasteiger partial charge in [0.2, 0.25) is 0 Å². The summed E-state index contributed by atoms with van der Waals surface area (Å²) in [6, 6.07) is 15.2. The van der Waals surface area contributed by atoms with Crippen molar-refractivity contribution < 1.29 is 8.95 Å². The Bertz CT molecular complexity index is 584. The maximum atomic E-state index is 12.4. The molecule has 4 heteroatoms. The molecule has 0 aliphatic heterocycles. The molecule has 0 aliphatic rings. The van der Waals surface area contributed by atoms with Crippen LogP contribution in [0.25, 0.3) is 0 Å². The topological polar surface area (TPSA) is 52.3 Å². The second kappa shape index (κ2) is 6.50. The average Bonchev–Trinajstić information content (AvgIpc) is 2.47. The molecule has 0 aliphatic carbocycles. The van der Waals surface area contributed by atoms with Crippen LogP contribution < -0.4 is 10.5 Å². The molecule has 100 valence electrons. The van der Waals surface area contributed by atoms with Crippen molar-refractivity contribution in [1.29, 1.82) is 0 Å². The molecule has 0 bridgehead atoms. The van der Waals surface area contributed by atoms with E-state index < -0.39 is 10.8 Å². The Labute approximate surface area is 115 Å². The molecule has 0 aromatic heterocycles. The minimum atomic E-state index is -1.09. The third kappa shape index (κ3) is 3.43. The van der Waals surface area contributed by atoms with Gasteiger partial charge in [-0.25, -0.2) is 0 Å². The number of benzene rings is 2. The van der Waals surface area contributed by atoms with Crippen molar-refractivity contribution >= 4 is 10.8 Å². The van der Waals surface area contributed by atoms with Crippen LogP contribution in [0.1, 0.15) is 11.1 Å². The molecule has 1 atom stereocenters. The normalized spacial score (nSPS) is 12.1. The van der Waals surface area contributed by atoms with Crippen molar-refractivity contribution in [2.75, 3.05) is 7.11 Å². The summed E-state index contributed by atoms with van der Waals surface area (Å²) >= 11 is 0. The van der Waals surface area contributed by atoms with E-state index in [1.165, 1.54) is 0 Å². The molecule has 0 heterocycles. The van der Waals surface area contributed by atoms with E-state index in [2.05, 4.69) is 0 Å². The molecule has 0 spiro atoms. The molecular weight excluding hydrogens is 258 g/mol. The molecule has 0 saturated heterocycles. The lowest BCUT2D eigenvalue weighted by atomic mass is 10.1. The minimum absolute atomic E-state index is 0.464. The van der Waals surface area contributed by atoms with Crippen molar-refractivity contribution in [3.05, 3.63) is 59.7 Å². The van der Waals surface area contributed by atoms with Crippen molar-refractivity contribution in [3.8, 4) is 5.75 Å². The Morgan fingerprint density at radius 2 is 1.84 bits per heavy atom. The van der Waals surface area contributed by atoms with E-state index >= 15 is 0 Å². The van der Waals surface area contributed by atoms with Gasteiger partial charge in [0, 0.05) is 11.4 Å². The molecule has 2 aromatic carbocycles. The van der Waals surface area contributed by atoms with E-state index in [1.807, 2.05) is 42.5 Å². The van der Waals surface area contributed by atoms with Gasteiger partial charge in [0.15, 0.2) is 0 Å². The number of hydrogen-bond donors (Lipinski definition) is 1. The van der Waals surface area contributed by atoms with Gasteiger partial charge >= 0.3 is 0 Å². The number of hydrogen-bond acceptors (Lipinski definition) is 3. The quantitative estimate of drug-likeness (QED) is 0.912. The third-order valence-electron chi connectivity index (χ3n) is 2.93. The first-order valence-electron chi connectivity index (χ1n) is 6.04. The fourth-order valence-corrected chi connectivity index (χ4v) is 3.07. The van der Waals surface area contributed by atoms with Crippen LogP contribution in [0.15, 0.2) is 53.4 Å². The first kappa shape index (κ1) is 13.8. The summed E-state index contributed by atoms with van der Waals surface area (Å²) in [5, 5.41) is 0. The zero-order valence-electron chi connectivity index (χ0n) is 10.8. The lowest BCUT2D eigenvalue weighted by Gasteiger charge is -2.08. The molecule has 0 saturated carbocycles. The first-order valence-corrected chi connectivity index (χ1v) is 7.35. The number of methoxy groups -OCH3 is 1. The van der Waals surface area contributed by atoms with Crippen molar-refractivity contribution in [2.45, 2.75) is 17.2 Å². The van der Waals surface area contributed by atoms with Gasteiger partial charge in [0.05, 0.1) is 23.7 Å². The highest BCUT2D eigenvalue weighted by Crippen LogP contribution is 2.19. The van der Waals surface area contributed by atoms with E-state index in [-0.39, 0.29) is 0 Å². The van der Waals surface area contributed by atoms with Crippen molar-refractivity contribution in [2.24, 2.45) is 5.73 Å². The van der Waals surface area contributed by atoms with Crippen LogP contribution in [-0.2, 0) is 23.1 Å². The molecule has 2 N–H and O–H groups in total. The second-order valence-electron chi connectivity index (χ2n) is 4.14. The van der Waals surface area contributed by atoms with Crippen LogP contribution in [0.2, 0.25) is 0 Å². The van der Waals surface area contributed by atoms with E-state index in [1.54, 1.807) is 13.2 Å². The van der Waals surface area contributed by atoms with Crippen molar-refractivity contribution in [1.82, 2.24) is 0 Å². The summed E-state index contributed by atoms with van der Waals surface area (Å²) in [7, 11) is 0.509. The summed E-state index contributed by atoms with van der Waals surface area (Å²) in [4.78, 5) is 0.770. The SMILES string of the molecule is COc1cccc(S(=O)Cc2ccccc2CN)c1. The van der Waals surface area contributed by atoms with E-state index in [0.29, 0.717) is 12.3 Å². The summed E-state index contributed by atoms with van der Waals surface area (Å²) < 4.78 is 17.5. The van der Waals surface area contributed by atoms with Gasteiger partial charge in [0.1, 0.15) is 5.75 Å². The lowest BCUT2D eigenvalue weighted by Crippen LogP contribution is -2.04. The van der Waals surface area contributed by atoms with Crippen molar-refractivity contribution in [3.63, 3.8) is 0 Å². The van der Waals surface area contributed by atoms with Crippen LogP contribution in [-0.4, -0.2) is 11.3 Å². The molecule has 19 heavy (non-hydrogen) atoms. The fourth-order valence-electron chi connectivity index (χ4n) is 1.86. The van der Waals surface area contributed by atoms with Gasteiger partial charge in [-0.3, -0.25) is 4.21 Å². The number of nitrogens with two attached hydrogens (primary N) is 1. The predicted molar refractivity (Wildman–Crippen MR) is 77.4 cm³/mol. The van der Waals surface area contributed by atoms with E-state index in [4.69, 9.17) is 10.5 Å². The summed E-state index contributed by atoms with van der Waals surface area (Å²) in [5.41, 5.74) is 7.77. The van der Waals surface area contributed by atoms with Crippen LogP contribution in [0.3, 0.4) is 0 Å². The predicted octanol–water partition coefficient (Wildman–Crippen LogP) is 2.46. The number of rotatable bonds is 5. The summed E-state index contributed by atoms with van der Waals surface area (Å²) in [6.07, 6.45) is 0. The molecular formula is C15H17NO2S. The van der Waals surface area contributed by atoms with Crippen LogP contribution >= 0.6 is 0 Å². The largest absolute Gasteiger partial charge is 0.497 e. The zero-order valence-corrected chi connectivity index (χ0v) is 11.7. The molecule has 2 aromatic rings. The van der Waals surface area contributed by atoms with Crippen LogP contribution in [0, 0.1) is 0 Å². The molecule has 0 amide bonds. The second-order valence-corrected chi connectivity index (χ2v) is 5.59. The summed E-state index contributed by atoms with van der Waals surface area (Å²) in [6.45, 7) is 0.464. The zero-order chi connectivity index (χ0) is 13.7. The smallest absolute Gasteiger partial charge is 0.120 e. The van der Waals surface area contributed by atoms with Crippen LogP contribution in [0.5, 0.6) is 5.75 Å². The lowest BCUT2D eigenvalue weighted by molar-refractivity contribution is 0.413. The first-order chi connectivity index (χ1) is 9.24. The average molecular weight is 275 g/mol. The van der Waals surface area contributed by atoms with Gasteiger partial charge in [-0.1, -0.05) is 30.3 Å². The third-order valence-corrected chi connectivity index (χ3v) is 4.28. The minimum Gasteiger partial charge on any atom is -0.497 e. The monoisotopic (exact) mass is 275 g/mol. The van der Waals surface area contributed by atoms with Gasteiger partial charge in [0.25, 0.3) is 0 Å². The molecule has 3 nitrogen and oxygen atoms in total. The van der Waals surface area contributed by atoms with Gasteiger partial charge in [-0.15, -0.1) is 0 Å². The highest BCUT2D eigenvalue weighted by molar-refractivity contribution is 7.84. The molecule has 2 rings (SSSR count). The van der Waals surface area contributed by atoms with Gasteiger partial charge < -0.3 is 10.5 Å². The standard InChI is InChI=1S/C15H17NO2S/c1-18-14-7-4-8-15(9-14)19(17)11-13-6-3-2-5-12(13)10-16/h2-9H,10-11,16H2,1H3.